The van der Waals surface area contributed by atoms with Gasteiger partial charge in [-0.2, -0.15) is 0 Å². The lowest BCUT2D eigenvalue weighted by Crippen LogP contribution is -2.25. The van der Waals surface area contributed by atoms with Gasteiger partial charge in [-0.25, -0.2) is 0 Å². The Balaban J connectivity index is 1.70. The molecule has 0 saturated carbocycles. The van der Waals surface area contributed by atoms with Crippen LogP contribution in [0.25, 0.3) is 21.5 Å². The average Bonchev–Trinajstić information content (AvgIpc) is 2.88. The predicted octanol–water partition coefficient (Wildman–Crippen LogP) is 7.06. The van der Waals surface area contributed by atoms with E-state index in [2.05, 4.69) is 79.0 Å². The summed E-state index contributed by atoms with van der Waals surface area (Å²) in [5, 5.41) is 7.57. The molecule has 1 amide bonds. The van der Waals surface area contributed by atoms with Gasteiger partial charge in [-0.15, -0.1) is 0 Å². The number of carbonyl (C=O) groups excluding carboxylic acids is 1. The molecule has 0 fully saturated rings. The number of carbonyl (C=O) groups is 1. The summed E-state index contributed by atoms with van der Waals surface area (Å²) in [5.74, 6) is 1.73. The molecule has 0 radical (unpaired) electrons. The van der Waals surface area contributed by atoms with Gasteiger partial charge in [0.15, 0.2) is 0 Å². The molecule has 4 heteroatoms. The maximum Gasteiger partial charge on any atom is 0.216 e. The molecule has 182 valence electrons. The van der Waals surface area contributed by atoms with Gasteiger partial charge in [0.05, 0.1) is 13.2 Å². The third kappa shape index (κ3) is 6.33. The normalized spacial score (nSPS) is 11.0. The Labute approximate surface area is 208 Å². The van der Waals surface area contributed by atoms with Crippen molar-refractivity contribution in [2.45, 2.75) is 46.0 Å². The van der Waals surface area contributed by atoms with Gasteiger partial charge in [0.25, 0.3) is 0 Å². The van der Waals surface area contributed by atoms with Gasteiger partial charge in [-0.05, 0) is 40.1 Å². The van der Waals surface area contributed by atoms with Crippen molar-refractivity contribution < 1.29 is 14.3 Å². The minimum absolute atomic E-state index is 0.0520. The number of unbranched alkanes of at least 4 members (excludes halogenated alkanes) is 3. The number of benzene rings is 4. The van der Waals surface area contributed by atoms with E-state index in [9.17, 15) is 4.79 Å². The molecule has 4 aromatic rings. The van der Waals surface area contributed by atoms with Gasteiger partial charge in [0, 0.05) is 24.5 Å². The molecule has 0 bridgehead atoms. The topological polar surface area (TPSA) is 47.6 Å². The Hall–Kier alpha value is -3.53. The number of fused-ring (bicyclic) bond motifs is 2. The van der Waals surface area contributed by atoms with Gasteiger partial charge < -0.3 is 14.8 Å². The molecule has 0 heterocycles. The largest absolute Gasteiger partial charge is 0.493 e. The summed E-state index contributed by atoms with van der Waals surface area (Å²) in [5.41, 5.74) is 2.32. The second kappa shape index (κ2) is 12.3. The van der Waals surface area contributed by atoms with E-state index >= 15 is 0 Å². The van der Waals surface area contributed by atoms with E-state index in [1.54, 1.807) is 0 Å². The molecular formula is C31H35NO3. The Kier molecular flexibility index (Phi) is 8.61. The maximum absolute atomic E-state index is 11.3. The zero-order valence-corrected chi connectivity index (χ0v) is 20.8. The molecule has 1 N–H and O–H groups in total. The Morgan fingerprint density at radius 1 is 0.714 bits per heavy atom. The van der Waals surface area contributed by atoms with Crippen LogP contribution in [0.3, 0.4) is 0 Å². The van der Waals surface area contributed by atoms with Crippen LogP contribution < -0.4 is 14.8 Å². The Morgan fingerprint density at radius 2 is 1.29 bits per heavy atom. The number of hydrogen-bond donors (Lipinski definition) is 1. The first-order valence-electron chi connectivity index (χ1n) is 12.7. The maximum atomic E-state index is 11.3. The Morgan fingerprint density at radius 3 is 1.86 bits per heavy atom. The fraction of sp³-hybridized carbons (Fsp3) is 0.323. The van der Waals surface area contributed by atoms with Crippen molar-refractivity contribution in [1.29, 1.82) is 0 Å². The zero-order valence-electron chi connectivity index (χ0n) is 20.8. The summed E-state index contributed by atoms with van der Waals surface area (Å²) >= 11 is 0. The van der Waals surface area contributed by atoms with Crippen LogP contribution in [-0.2, 0) is 11.2 Å². The first-order valence-corrected chi connectivity index (χ1v) is 12.7. The van der Waals surface area contributed by atoms with Gasteiger partial charge in [0.1, 0.15) is 18.1 Å². The summed E-state index contributed by atoms with van der Waals surface area (Å²) < 4.78 is 12.5. The lowest BCUT2D eigenvalue weighted by molar-refractivity contribution is -0.119. The van der Waals surface area contributed by atoms with E-state index in [0.717, 1.165) is 30.1 Å². The van der Waals surface area contributed by atoms with Crippen molar-refractivity contribution in [3.63, 3.8) is 0 Å². The van der Waals surface area contributed by atoms with Crippen molar-refractivity contribution in [3.05, 3.63) is 83.9 Å². The second-order valence-electron chi connectivity index (χ2n) is 8.94. The third-order valence-corrected chi connectivity index (χ3v) is 6.34. The first kappa shape index (κ1) is 24.6. The smallest absolute Gasteiger partial charge is 0.216 e. The first-order chi connectivity index (χ1) is 17.2. The summed E-state index contributed by atoms with van der Waals surface area (Å²) in [6.45, 7) is 5.36. The van der Waals surface area contributed by atoms with Crippen LogP contribution in [0.1, 0.15) is 50.7 Å². The quantitative estimate of drug-likeness (QED) is 0.226. The standard InChI is InChI=1S/C31H35NO3/c1-3-4-5-10-20-34-30-17-15-24-11-6-8-13-26(24)28(30)22-29-27-14-9-7-12-25(27)16-18-31(29)35-21-19-32-23(2)33/h6-9,11-18H,3-5,10,19-22H2,1-2H3,(H,32,33). The van der Waals surface area contributed by atoms with Crippen molar-refractivity contribution in [3.8, 4) is 11.5 Å². The highest BCUT2D eigenvalue weighted by Crippen LogP contribution is 2.36. The highest BCUT2D eigenvalue weighted by molar-refractivity contribution is 5.91. The minimum atomic E-state index is -0.0520. The second-order valence-corrected chi connectivity index (χ2v) is 8.94. The summed E-state index contributed by atoms with van der Waals surface area (Å²) in [6.07, 6.45) is 5.40. The van der Waals surface area contributed by atoms with Crippen molar-refractivity contribution >= 4 is 27.5 Å². The molecule has 0 saturated heterocycles. The van der Waals surface area contributed by atoms with Crippen LogP contribution in [0.15, 0.2) is 72.8 Å². The monoisotopic (exact) mass is 469 g/mol. The van der Waals surface area contributed by atoms with Gasteiger partial charge in [0.2, 0.25) is 5.91 Å². The van der Waals surface area contributed by atoms with Gasteiger partial charge in [-0.3, -0.25) is 4.79 Å². The number of hydrogen-bond acceptors (Lipinski definition) is 3. The van der Waals surface area contributed by atoms with E-state index in [1.165, 1.54) is 53.3 Å². The van der Waals surface area contributed by atoms with E-state index in [-0.39, 0.29) is 5.91 Å². The predicted molar refractivity (Wildman–Crippen MR) is 145 cm³/mol. The van der Waals surface area contributed by atoms with Gasteiger partial charge >= 0.3 is 0 Å². The van der Waals surface area contributed by atoms with Crippen LogP contribution in [0.2, 0.25) is 0 Å². The molecule has 0 spiro atoms. The average molecular weight is 470 g/mol. The van der Waals surface area contributed by atoms with Crippen molar-refractivity contribution in [1.82, 2.24) is 5.32 Å². The number of ether oxygens (including phenoxy) is 2. The fourth-order valence-electron chi connectivity index (χ4n) is 4.54. The van der Waals surface area contributed by atoms with Crippen molar-refractivity contribution in [2.75, 3.05) is 19.8 Å². The van der Waals surface area contributed by atoms with Gasteiger partial charge in [-0.1, -0.05) is 86.8 Å². The van der Waals surface area contributed by atoms with Crippen LogP contribution in [0.5, 0.6) is 11.5 Å². The molecule has 0 aromatic heterocycles. The lowest BCUT2D eigenvalue weighted by atomic mass is 9.93. The number of amides is 1. The van der Waals surface area contributed by atoms with Crippen LogP contribution in [0.4, 0.5) is 0 Å². The van der Waals surface area contributed by atoms with E-state index in [1.807, 2.05) is 6.07 Å². The zero-order chi connectivity index (χ0) is 24.5. The highest BCUT2D eigenvalue weighted by atomic mass is 16.5. The summed E-state index contributed by atoms with van der Waals surface area (Å²) in [6, 6.07) is 25.3. The lowest BCUT2D eigenvalue weighted by Gasteiger charge is -2.18. The molecule has 0 aliphatic carbocycles. The molecular weight excluding hydrogens is 434 g/mol. The van der Waals surface area contributed by atoms with Crippen LogP contribution >= 0.6 is 0 Å². The fourth-order valence-corrected chi connectivity index (χ4v) is 4.54. The number of rotatable bonds is 12. The van der Waals surface area contributed by atoms with E-state index < -0.39 is 0 Å². The molecule has 0 aliphatic rings. The van der Waals surface area contributed by atoms with Crippen LogP contribution in [-0.4, -0.2) is 25.7 Å². The third-order valence-electron chi connectivity index (χ3n) is 6.34. The molecule has 4 rings (SSSR count). The van der Waals surface area contributed by atoms with Crippen LogP contribution in [0, 0.1) is 0 Å². The minimum Gasteiger partial charge on any atom is -0.493 e. The molecule has 35 heavy (non-hydrogen) atoms. The highest BCUT2D eigenvalue weighted by Gasteiger charge is 2.16. The molecule has 4 nitrogen and oxygen atoms in total. The summed E-state index contributed by atoms with van der Waals surface area (Å²) in [4.78, 5) is 11.3. The molecule has 4 aromatic carbocycles. The molecule has 0 unspecified atom stereocenters. The Bertz CT molecular complexity index is 1280. The van der Waals surface area contributed by atoms with E-state index in [0.29, 0.717) is 19.6 Å². The summed E-state index contributed by atoms with van der Waals surface area (Å²) in [7, 11) is 0. The SMILES string of the molecule is CCCCCCOc1ccc2ccccc2c1Cc1c(OCCNC(C)=O)ccc2ccccc12. The number of nitrogens with one attached hydrogen (secondary N) is 1. The van der Waals surface area contributed by atoms with E-state index in [4.69, 9.17) is 9.47 Å². The van der Waals surface area contributed by atoms with Crippen molar-refractivity contribution in [2.24, 2.45) is 0 Å². The molecule has 0 aliphatic heterocycles. The molecule has 0 atom stereocenters.